The van der Waals surface area contributed by atoms with Crippen LogP contribution in [0, 0.1) is 0 Å². The number of hydrogen-bond acceptors (Lipinski definition) is 4. The quantitative estimate of drug-likeness (QED) is 0.397. The third kappa shape index (κ3) is 3.97. The molecule has 0 spiro atoms. The molecule has 1 aliphatic rings. The number of carbonyl (C=O) groups is 1. The summed E-state index contributed by atoms with van der Waals surface area (Å²) in [4.78, 5) is 19.6. The highest BCUT2D eigenvalue weighted by molar-refractivity contribution is 6.30. The van der Waals surface area contributed by atoms with Gasteiger partial charge in [-0.25, -0.2) is 0 Å². The van der Waals surface area contributed by atoms with Crippen molar-refractivity contribution in [3.05, 3.63) is 95.3 Å². The van der Waals surface area contributed by atoms with Crippen LogP contribution in [-0.2, 0) is 0 Å². The zero-order valence-electron chi connectivity index (χ0n) is 16.7. The maximum absolute atomic E-state index is 13.2. The lowest BCUT2D eigenvalue weighted by Crippen LogP contribution is -2.30. The Morgan fingerprint density at radius 1 is 0.903 bits per heavy atom. The maximum atomic E-state index is 13.2. The molecule has 1 saturated heterocycles. The van der Waals surface area contributed by atoms with Crippen molar-refractivity contribution in [3.63, 3.8) is 0 Å². The molecular formula is C25H20ClN3O2. The van der Waals surface area contributed by atoms with Crippen molar-refractivity contribution in [2.75, 3.05) is 6.54 Å². The number of aromatic nitrogens is 2. The molecule has 0 radical (unpaired) electrons. The van der Waals surface area contributed by atoms with Crippen LogP contribution in [-0.4, -0.2) is 27.5 Å². The van der Waals surface area contributed by atoms with Gasteiger partial charge in [-0.2, -0.15) is 4.98 Å². The summed E-state index contributed by atoms with van der Waals surface area (Å²) in [5.41, 5.74) is 3.69. The highest BCUT2D eigenvalue weighted by atomic mass is 35.5. The molecule has 0 N–H and O–H groups in total. The monoisotopic (exact) mass is 429 g/mol. The van der Waals surface area contributed by atoms with E-state index in [1.54, 1.807) is 12.1 Å². The molecule has 1 atom stereocenters. The molecule has 4 aromatic rings. The first kappa shape index (κ1) is 19.5. The summed E-state index contributed by atoms with van der Waals surface area (Å²) in [6.45, 7) is 0.669. The van der Waals surface area contributed by atoms with E-state index < -0.39 is 0 Å². The van der Waals surface area contributed by atoms with Gasteiger partial charge in [0.25, 0.3) is 5.91 Å². The van der Waals surface area contributed by atoms with Crippen molar-refractivity contribution in [2.45, 2.75) is 18.9 Å². The number of nitrogens with zero attached hydrogens (tertiary/aromatic N) is 3. The van der Waals surface area contributed by atoms with E-state index in [1.807, 2.05) is 59.5 Å². The fourth-order valence-electron chi connectivity index (χ4n) is 3.95. The van der Waals surface area contributed by atoms with Crippen molar-refractivity contribution in [1.29, 1.82) is 0 Å². The average Bonchev–Trinajstić information content (AvgIpc) is 3.50. The van der Waals surface area contributed by atoms with E-state index in [9.17, 15) is 4.79 Å². The SMILES string of the molecule is O=C(c1ccc(-c2ccccc2)cc1)N1CCCC1c1nc(-c2ccc(Cl)cc2)no1. The average molecular weight is 430 g/mol. The molecule has 0 saturated carbocycles. The number of amides is 1. The van der Waals surface area contributed by atoms with E-state index in [0.717, 1.165) is 29.5 Å². The summed E-state index contributed by atoms with van der Waals surface area (Å²) >= 11 is 5.96. The normalized spacial score (nSPS) is 15.9. The molecule has 1 aromatic heterocycles. The highest BCUT2D eigenvalue weighted by Crippen LogP contribution is 2.33. The smallest absolute Gasteiger partial charge is 0.254 e. The Morgan fingerprint density at radius 3 is 2.32 bits per heavy atom. The van der Waals surface area contributed by atoms with Gasteiger partial charge >= 0.3 is 0 Å². The van der Waals surface area contributed by atoms with E-state index >= 15 is 0 Å². The zero-order chi connectivity index (χ0) is 21.2. The second-order valence-corrected chi connectivity index (χ2v) is 8.00. The second-order valence-electron chi connectivity index (χ2n) is 7.56. The standard InChI is InChI=1S/C25H20ClN3O2/c26-21-14-12-19(13-15-21)23-27-24(31-28-23)22-7-4-16-29(22)25(30)20-10-8-18(9-11-20)17-5-2-1-3-6-17/h1-3,5-6,8-15,22H,4,7,16H2. The predicted octanol–water partition coefficient (Wildman–Crippen LogP) is 6.03. The molecular weight excluding hydrogens is 410 g/mol. The summed E-state index contributed by atoms with van der Waals surface area (Å²) in [7, 11) is 0. The Morgan fingerprint density at radius 2 is 1.58 bits per heavy atom. The largest absolute Gasteiger partial charge is 0.337 e. The molecule has 1 amide bonds. The van der Waals surface area contributed by atoms with Gasteiger partial charge in [-0.3, -0.25) is 4.79 Å². The molecule has 2 heterocycles. The highest BCUT2D eigenvalue weighted by Gasteiger charge is 2.34. The fraction of sp³-hybridized carbons (Fsp3) is 0.160. The number of rotatable bonds is 4. The van der Waals surface area contributed by atoms with Crippen LogP contribution in [0.4, 0.5) is 0 Å². The van der Waals surface area contributed by atoms with Crippen LogP contribution < -0.4 is 0 Å². The van der Waals surface area contributed by atoms with Gasteiger partial charge in [0, 0.05) is 22.7 Å². The third-order valence-corrected chi connectivity index (χ3v) is 5.83. The topological polar surface area (TPSA) is 59.2 Å². The number of carbonyl (C=O) groups excluding carboxylic acids is 1. The van der Waals surface area contributed by atoms with Crippen LogP contribution in [0.25, 0.3) is 22.5 Å². The zero-order valence-corrected chi connectivity index (χ0v) is 17.5. The van der Waals surface area contributed by atoms with E-state index in [2.05, 4.69) is 22.3 Å². The summed E-state index contributed by atoms with van der Waals surface area (Å²) in [5.74, 6) is 0.947. The van der Waals surface area contributed by atoms with Gasteiger partial charge in [-0.05, 0) is 60.4 Å². The van der Waals surface area contributed by atoms with E-state index in [-0.39, 0.29) is 11.9 Å². The second kappa shape index (κ2) is 8.36. The molecule has 3 aromatic carbocycles. The van der Waals surface area contributed by atoms with Gasteiger partial charge in [0.1, 0.15) is 6.04 Å². The number of likely N-dealkylation sites (tertiary alicyclic amines) is 1. The van der Waals surface area contributed by atoms with E-state index in [0.29, 0.717) is 28.8 Å². The van der Waals surface area contributed by atoms with Crippen molar-refractivity contribution >= 4 is 17.5 Å². The molecule has 1 aliphatic heterocycles. The Bertz CT molecular complexity index is 1190. The van der Waals surface area contributed by atoms with Gasteiger partial charge in [-0.15, -0.1) is 0 Å². The minimum Gasteiger partial charge on any atom is -0.337 e. The van der Waals surface area contributed by atoms with Gasteiger partial charge < -0.3 is 9.42 Å². The summed E-state index contributed by atoms with van der Waals surface area (Å²) in [5, 5.41) is 4.76. The number of halogens is 1. The maximum Gasteiger partial charge on any atom is 0.254 e. The van der Waals surface area contributed by atoms with Crippen LogP contribution in [0.3, 0.4) is 0 Å². The molecule has 0 bridgehead atoms. The van der Waals surface area contributed by atoms with Crippen LogP contribution in [0.5, 0.6) is 0 Å². The molecule has 5 nitrogen and oxygen atoms in total. The Kier molecular flexibility index (Phi) is 5.26. The summed E-state index contributed by atoms with van der Waals surface area (Å²) in [6, 6.07) is 24.9. The molecule has 0 aliphatic carbocycles. The molecule has 6 heteroatoms. The Labute approximate surface area is 185 Å². The van der Waals surface area contributed by atoms with Gasteiger partial charge in [0.05, 0.1) is 0 Å². The van der Waals surface area contributed by atoms with Gasteiger partial charge in [0.2, 0.25) is 11.7 Å². The number of hydrogen-bond donors (Lipinski definition) is 0. The summed E-state index contributed by atoms with van der Waals surface area (Å²) < 4.78 is 5.54. The van der Waals surface area contributed by atoms with Crippen molar-refractivity contribution in [1.82, 2.24) is 15.0 Å². The van der Waals surface area contributed by atoms with E-state index in [1.165, 1.54) is 0 Å². The van der Waals surface area contributed by atoms with Crippen LogP contribution in [0.1, 0.15) is 35.1 Å². The lowest BCUT2D eigenvalue weighted by Gasteiger charge is -2.22. The Balaban J connectivity index is 1.35. The minimum atomic E-state index is -0.213. The molecule has 31 heavy (non-hydrogen) atoms. The molecule has 1 unspecified atom stereocenters. The third-order valence-electron chi connectivity index (χ3n) is 5.58. The van der Waals surface area contributed by atoms with Crippen molar-refractivity contribution in [3.8, 4) is 22.5 Å². The van der Waals surface area contributed by atoms with Crippen LogP contribution in [0.2, 0.25) is 5.02 Å². The lowest BCUT2D eigenvalue weighted by atomic mass is 10.0. The van der Waals surface area contributed by atoms with Crippen LogP contribution >= 0.6 is 11.6 Å². The summed E-state index contributed by atoms with van der Waals surface area (Å²) in [6.07, 6.45) is 1.70. The van der Waals surface area contributed by atoms with Gasteiger partial charge in [-0.1, -0.05) is 59.2 Å². The van der Waals surface area contributed by atoms with Crippen molar-refractivity contribution in [2.24, 2.45) is 0 Å². The van der Waals surface area contributed by atoms with Crippen molar-refractivity contribution < 1.29 is 9.32 Å². The molecule has 154 valence electrons. The lowest BCUT2D eigenvalue weighted by molar-refractivity contribution is 0.0710. The van der Waals surface area contributed by atoms with E-state index in [4.69, 9.17) is 16.1 Å². The molecule has 5 rings (SSSR count). The first-order chi connectivity index (χ1) is 15.2. The predicted molar refractivity (Wildman–Crippen MR) is 120 cm³/mol. The first-order valence-corrected chi connectivity index (χ1v) is 10.6. The Hall–Kier alpha value is -3.44. The van der Waals surface area contributed by atoms with Crippen LogP contribution in [0.15, 0.2) is 83.4 Å². The van der Waals surface area contributed by atoms with Gasteiger partial charge in [0.15, 0.2) is 0 Å². The first-order valence-electron chi connectivity index (χ1n) is 10.2. The fourth-order valence-corrected chi connectivity index (χ4v) is 4.08. The minimum absolute atomic E-state index is 0.0200. The number of benzene rings is 3. The molecule has 1 fully saturated rings.